The number of nitrogens with zero attached hydrogens (tertiary/aromatic N) is 1. The third-order valence-corrected chi connectivity index (χ3v) is 4.69. The lowest BCUT2D eigenvalue weighted by Gasteiger charge is -2.11. The molecular formula is C26H20N2O3. The average Bonchev–Trinajstić information content (AvgIpc) is 2.82. The van der Waals surface area contributed by atoms with E-state index in [2.05, 4.69) is 10.3 Å². The third-order valence-electron chi connectivity index (χ3n) is 4.69. The zero-order valence-corrected chi connectivity index (χ0v) is 16.7. The summed E-state index contributed by atoms with van der Waals surface area (Å²) in [7, 11) is 0. The number of rotatable bonds is 6. The van der Waals surface area contributed by atoms with Crippen molar-refractivity contribution in [1.82, 2.24) is 4.98 Å². The Balaban J connectivity index is 1.37. The minimum Gasteiger partial charge on any atom is -0.452 e. The molecule has 1 heterocycles. The van der Waals surface area contributed by atoms with Crippen molar-refractivity contribution in [3.63, 3.8) is 0 Å². The van der Waals surface area contributed by atoms with Gasteiger partial charge in [0.1, 0.15) is 0 Å². The number of anilines is 1. The molecule has 0 saturated heterocycles. The number of amides is 1. The van der Waals surface area contributed by atoms with E-state index in [4.69, 9.17) is 4.74 Å². The quantitative estimate of drug-likeness (QED) is 0.356. The molecule has 4 aromatic rings. The second kappa shape index (κ2) is 9.50. The first kappa shape index (κ1) is 20.0. The number of hydrogen-bond donors (Lipinski definition) is 1. The standard InChI is InChI=1S/C26H20N2O3/c29-24(28-23-14-5-4-13-22(23)19-8-2-1-3-9-19)18-31-25(30)16-15-21-11-6-10-20-12-7-17-27-26(20)21/h1-17H,18H2,(H,28,29)/b16-15+. The Morgan fingerprint density at radius 2 is 1.65 bits per heavy atom. The van der Waals surface area contributed by atoms with Crippen LogP contribution in [0, 0.1) is 0 Å². The molecule has 0 aliphatic carbocycles. The first-order chi connectivity index (χ1) is 15.2. The van der Waals surface area contributed by atoms with Crippen LogP contribution < -0.4 is 5.32 Å². The fourth-order valence-corrected chi connectivity index (χ4v) is 3.25. The van der Waals surface area contributed by atoms with E-state index < -0.39 is 11.9 Å². The van der Waals surface area contributed by atoms with Crippen LogP contribution in [0.15, 0.2) is 97.2 Å². The molecule has 1 N–H and O–H groups in total. The van der Waals surface area contributed by atoms with Gasteiger partial charge in [0.2, 0.25) is 0 Å². The Morgan fingerprint density at radius 1 is 0.871 bits per heavy atom. The number of esters is 1. The molecule has 5 nitrogen and oxygen atoms in total. The first-order valence-electron chi connectivity index (χ1n) is 9.83. The zero-order valence-electron chi connectivity index (χ0n) is 16.7. The largest absolute Gasteiger partial charge is 0.452 e. The summed E-state index contributed by atoms with van der Waals surface area (Å²) in [5.41, 5.74) is 4.14. The summed E-state index contributed by atoms with van der Waals surface area (Å²) in [5.74, 6) is -1.00. The summed E-state index contributed by atoms with van der Waals surface area (Å²) < 4.78 is 5.10. The maximum Gasteiger partial charge on any atom is 0.331 e. The minimum atomic E-state index is -0.598. The molecule has 1 amide bonds. The van der Waals surface area contributed by atoms with Gasteiger partial charge < -0.3 is 10.1 Å². The highest BCUT2D eigenvalue weighted by Gasteiger charge is 2.10. The molecule has 1 aromatic heterocycles. The van der Waals surface area contributed by atoms with Crippen molar-refractivity contribution in [3.8, 4) is 11.1 Å². The number of nitrogens with one attached hydrogen (secondary N) is 1. The van der Waals surface area contributed by atoms with Gasteiger partial charge in [-0.2, -0.15) is 0 Å². The van der Waals surface area contributed by atoms with Gasteiger partial charge in [-0.3, -0.25) is 9.78 Å². The average molecular weight is 408 g/mol. The van der Waals surface area contributed by atoms with E-state index in [1.54, 1.807) is 12.3 Å². The van der Waals surface area contributed by atoms with E-state index in [1.807, 2.05) is 84.9 Å². The molecule has 0 saturated carbocycles. The Labute approximate surface area is 180 Å². The summed E-state index contributed by atoms with van der Waals surface area (Å²) in [5, 5.41) is 3.79. The molecule has 0 aliphatic rings. The van der Waals surface area contributed by atoms with Crippen molar-refractivity contribution >= 4 is 34.5 Å². The third kappa shape index (κ3) is 5.03. The lowest BCUT2D eigenvalue weighted by atomic mass is 10.0. The van der Waals surface area contributed by atoms with Crippen molar-refractivity contribution in [1.29, 1.82) is 0 Å². The molecular weight excluding hydrogens is 388 g/mol. The Bertz CT molecular complexity index is 1240. The molecule has 3 aromatic carbocycles. The molecule has 5 heteroatoms. The number of hydrogen-bond acceptors (Lipinski definition) is 4. The molecule has 0 radical (unpaired) electrons. The summed E-state index contributed by atoms with van der Waals surface area (Å²) in [4.78, 5) is 28.8. The molecule has 0 atom stereocenters. The number of ether oxygens (including phenoxy) is 1. The van der Waals surface area contributed by atoms with Gasteiger partial charge in [-0.05, 0) is 23.8 Å². The van der Waals surface area contributed by atoms with Crippen molar-refractivity contribution in [2.45, 2.75) is 0 Å². The van der Waals surface area contributed by atoms with Gasteiger partial charge in [0.05, 0.1) is 5.52 Å². The Morgan fingerprint density at radius 3 is 2.52 bits per heavy atom. The van der Waals surface area contributed by atoms with E-state index in [1.165, 1.54) is 6.08 Å². The Kier molecular flexibility index (Phi) is 6.14. The minimum absolute atomic E-state index is 0.375. The molecule has 0 fully saturated rings. The van der Waals surface area contributed by atoms with Crippen LogP contribution in [0.5, 0.6) is 0 Å². The maximum absolute atomic E-state index is 12.3. The summed E-state index contributed by atoms with van der Waals surface area (Å²) >= 11 is 0. The van der Waals surface area contributed by atoms with Crippen LogP contribution in [0.25, 0.3) is 28.1 Å². The van der Waals surface area contributed by atoms with Gasteiger partial charge >= 0.3 is 5.97 Å². The number of fused-ring (bicyclic) bond motifs is 1. The van der Waals surface area contributed by atoms with Crippen LogP contribution in [0.1, 0.15) is 5.56 Å². The van der Waals surface area contributed by atoms with E-state index in [0.717, 1.165) is 27.6 Å². The van der Waals surface area contributed by atoms with E-state index >= 15 is 0 Å². The van der Waals surface area contributed by atoms with Crippen LogP contribution in [0.2, 0.25) is 0 Å². The highest BCUT2D eigenvalue weighted by Crippen LogP contribution is 2.27. The predicted octanol–water partition coefficient (Wildman–Crippen LogP) is 5.10. The van der Waals surface area contributed by atoms with Gasteiger partial charge in [0.15, 0.2) is 6.61 Å². The molecule has 4 rings (SSSR count). The summed E-state index contributed by atoms with van der Waals surface area (Å²) in [6.45, 7) is -0.375. The number of benzene rings is 3. The van der Waals surface area contributed by atoms with E-state index in [0.29, 0.717) is 5.69 Å². The maximum atomic E-state index is 12.3. The van der Waals surface area contributed by atoms with Gasteiger partial charge in [0, 0.05) is 34.5 Å². The van der Waals surface area contributed by atoms with Crippen molar-refractivity contribution < 1.29 is 14.3 Å². The number of para-hydroxylation sites is 2. The number of aromatic nitrogens is 1. The number of pyridine rings is 1. The molecule has 0 aliphatic heterocycles. The second-order valence-corrected chi connectivity index (χ2v) is 6.82. The molecule has 0 spiro atoms. The van der Waals surface area contributed by atoms with Gasteiger partial charge in [-0.1, -0.05) is 72.8 Å². The molecule has 152 valence electrons. The second-order valence-electron chi connectivity index (χ2n) is 6.82. The van der Waals surface area contributed by atoms with Crippen LogP contribution >= 0.6 is 0 Å². The van der Waals surface area contributed by atoms with Gasteiger partial charge in [-0.25, -0.2) is 4.79 Å². The Hall–Kier alpha value is -4.25. The van der Waals surface area contributed by atoms with E-state index in [9.17, 15) is 9.59 Å². The van der Waals surface area contributed by atoms with Crippen LogP contribution in [0.4, 0.5) is 5.69 Å². The normalized spacial score (nSPS) is 10.8. The van der Waals surface area contributed by atoms with Crippen LogP contribution in [-0.4, -0.2) is 23.5 Å². The number of carbonyl (C=O) groups excluding carboxylic acids is 2. The highest BCUT2D eigenvalue weighted by molar-refractivity contribution is 5.98. The molecule has 31 heavy (non-hydrogen) atoms. The van der Waals surface area contributed by atoms with Crippen LogP contribution in [0.3, 0.4) is 0 Å². The zero-order chi connectivity index (χ0) is 21.5. The fourth-order valence-electron chi connectivity index (χ4n) is 3.25. The lowest BCUT2D eigenvalue weighted by Crippen LogP contribution is -2.20. The smallest absolute Gasteiger partial charge is 0.331 e. The SMILES string of the molecule is O=C(COC(=O)/C=C/c1cccc2cccnc12)Nc1ccccc1-c1ccccc1. The highest BCUT2D eigenvalue weighted by atomic mass is 16.5. The summed E-state index contributed by atoms with van der Waals surface area (Å²) in [6.07, 6.45) is 4.64. The van der Waals surface area contributed by atoms with Crippen molar-refractivity contribution in [2.75, 3.05) is 11.9 Å². The van der Waals surface area contributed by atoms with Crippen LogP contribution in [-0.2, 0) is 14.3 Å². The van der Waals surface area contributed by atoms with Gasteiger partial charge in [-0.15, -0.1) is 0 Å². The summed E-state index contributed by atoms with van der Waals surface area (Å²) in [6, 6.07) is 26.8. The predicted molar refractivity (Wildman–Crippen MR) is 122 cm³/mol. The monoisotopic (exact) mass is 408 g/mol. The first-order valence-corrected chi connectivity index (χ1v) is 9.83. The fraction of sp³-hybridized carbons (Fsp3) is 0.0385. The lowest BCUT2D eigenvalue weighted by molar-refractivity contribution is -0.142. The van der Waals surface area contributed by atoms with E-state index in [-0.39, 0.29) is 6.61 Å². The van der Waals surface area contributed by atoms with Crippen molar-refractivity contribution in [3.05, 3.63) is 103 Å². The number of carbonyl (C=O) groups is 2. The molecule has 0 bridgehead atoms. The molecule has 0 unspecified atom stereocenters. The topological polar surface area (TPSA) is 68.3 Å². The van der Waals surface area contributed by atoms with Crippen molar-refractivity contribution in [2.24, 2.45) is 0 Å². The van der Waals surface area contributed by atoms with Gasteiger partial charge in [0.25, 0.3) is 5.91 Å².